The molecule has 6 aromatic rings. The molecule has 10 rings (SSSR count). The predicted molar refractivity (Wildman–Crippen MR) is 262 cm³/mol. The number of hydrogen-bond acceptors (Lipinski definition) is 2. The molecule has 6 aromatic carbocycles. The summed E-state index contributed by atoms with van der Waals surface area (Å²) in [5.74, 6) is 0. The van der Waals surface area contributed by atoms with Crippen LogP contribution in [0.1, 0.15) is 80.0 Å². The third-order valence-electron chi connectivity index (χ3n) is 13.5. The van der Waals surface area contributed by atoms with Gasteiger partial charge in [0, 0.05) is 33.8 Å². The molecule has 0 spiro atoms. The van der Waals surface area contributed by atoms with Crippen molar-refractivity contribution in [3.63, 3.8) is 0 Å². The summed E-state index contributed by atoms with van der Waals surface area (Å²) in [4.78, 5) is 4.76. The van der Waals surface area contributed by atoms with Gasteiger partial charge in [0.05, 0.1) is 17.1 Å². The van der Waals surface area contributed by atoms with Crippen molar-refractivity contribution in [1.29, 1.82) is 0 Å². The molecule has 2 aliphatic carbocycles. The van der Waals surface area contributed by atoms with E-state index < -0.39 is 0 Å². The molecule has 0 N–H and O–H groups in total. The van der Waals surface area contributed by atoms with Gasteiger partial charge >= 0.3 is 0 Å². The maximum Gasteiger partial charge on any atom is 0.0540 e. The average Bonchev–Trinajstić information content (AvgIpc) is 3.42. The van der Waals surface area contributed by atoms with Crippen molar-refractivity contribution in [2.75, 3.05) is 9.80 Å². The fourth-order valence-corrected chi connectivity index (χ4v) is 10.3. The van der Waals surface area contributed by atoms with Crippen molar-refractivity contribution >= 4 is 50.7 Å². The Labute approximate surface area is 361 Å². The monoisotopic (exact) mass is 788 g/mol. The van der Waals surface area contributed by atoms with Crippen LogP contribution >= 0.6 is 0 Å². The molecule has 0 fully saturated rings. The molecule has 2 heterocycles. The minimum Gasteiger partial charge on any atom is -0.317 e. The Morgan fingerprint density at radius 1 is 0.607 bits per heavy atom. The summed E-state index contributed by atoms with van der Waals surface area (Å²) < 4.78 is 0. The van der Waals surface area contributed by atoms with Gasteiger partial charge in [-0.2, -0.15) is 0 Å². The van der Waals surface area contributed by atoms with Crippen molar-refractivity contribution < 1.29 is 0 Å². The standard InChI is InChI=1S/C59H52N2/c1-7-45(60-37-17-21-44-19-8-13-26-54(44)60)39-52-40(2)46-34-32-42(38-53(46)59(52,5)6)30-29-41-18-16-20-43(33-31-41)47-35-36-55(49-23-10-9-22-48(47)49)61-56-27-14-11-24-50(56)58(3,4)51-25-12-15-28-57(51)61/h7-19,22-39H,1,20-21H2,2-6H3. The van der Waals surface area contributed by atoms with Crippen molar-refractivity contribution in [1.82, 2.24) is 0 Å². The van der Waals surface area contributed by atoms with E-state index >= 15 is 0 Å². The predicted octanol–water partition coefficient (Wildman–Crippen LogP) is 15.6. The summed E-state index contributed by atoms with van der Waals surface area (Å²) in [5, 5.41) is 2.52. The summed E-state index contributed by atoms with van der Waals surface area (Å²) >= 11 is 0. The molecule has 0 atom stereocenters. The number of hydrogen-bond donors (Lipinski definition) is 0. The van der Waals surface area contributed by atoms with Crippen molar-refractivity contribution in [2.24, 2.45) is 0 Å². The lowest BCUT2D eigenvalue weighted by Gasteiger charge is -2.42. The van der Waals surface area contributed by atoms with Gasteiger partial charge in [0.25, 0.3) is 0 Å². The highest BCUT2D eigenvalue weighted by molar-refractivity contribution is 6.05. The Morgan fingerprint density at radius 2 is 1.28 bits per heavy atom. The Morgan fingerprint density at radius 3 is 2.03 bits per heavy atom. The molecule has 0 saturated heterocycles. The van der Waals surface area contributed by atoms with Crippen LogP contribution in [0.3, 0.4) is 0 Å². The maximum absolute atomic E-state index is 4.24. The second-order valence-corrected chi connectivity index (χ2v) is 17.8. The van der Waals surface area contributed by atoms with E-state index in [1.165, 1.54) is 94.8 Å². The van der Waals surface area contributed by atoms with E-state index in [-0.39, 0.29) is 10.8 Å². The third kappa shape index (κ3) is 6.41. The van der Waals surface area contributed by atoms with Gasteiger partial charge in [-0.1, -0.05) is 180 Å². The Kier molecular flexibility index (Phi) is 9.41. The van der Waals surface area contributed by atoms with Gasteiger partial charge in [-0.05, 0) is 123 Å². The molecule has 2 heteroatoms. The van der Waals surface area contributed by atoms with Gasteiger partial charge in [-0.25, -0.2) is 0 Å². The number of rotatable bonds is 7. The lowest BCUT2D eigenvalue weighted by molar-refractivity contribution is 0.632. The van der Waals surface area contributed by atoms with Crippen LogP contribution < -0.4 is 9.80 Å². The van der Waals surface area contributed by atoms with Crippen LogP contribution in [-0.4, -0.2) is 0 Å². The topological polar surface area (TPSA) is 6.48 Å². The molecule has 61 heavy (non-hydrogen) atoms. The second kappa shape index (κ2) is 15.0. The first kappa shape index (κ1) is 38.3. The highest BCUT2D eigenvalue weighted by atomic mass is 15.2. The minimum absolute atomic E-state index is 0.0983. The number of nitrogens with zero attached hydrogens (tertiary/aromatic N) is 2. The number of benzene rings is 6. The lowest BCUT2D eigenvalue weighted by atomic mass is 9.73. The summed E-state index contributed by atoms with van der Waals surface area (Å²) in [6, 6.07) is 47.0. The molecule has 0 aromatic heterocycles. The molecule has 0 unspecified atom stereocenters. The van der Waals surface area contributed by atoms with E-state index in [0.717, 1.165) is 18.5 Å². The van der Waals surface area contributed by atoms with Gasteiger partial charge in [-0.3, -0.25) is 0 Å². The number of para-hydroxylation sites is 3. The van der Waals surface area contributed by atoms with Crippen molar-refractivity contribution in [2.45, 2.75) is 58.3 Å². The summed E-state index contributed by atoms with van der Waals surface area (Å²) in [6.07, 6.45) is 24.2. The summed E-state index contributed by atoms with van der Waals surface area (Å²) in [6.45, 7) is 15.9. The van der Waals surface area contributed by atoms with Gasteiger partial charge in [0.15, 0.2) is 0 Å². The largest absolute Gasteiger partial charge is 0.317 e. The van der Waals surface area contributed by atoms with Crippen LogP contribution in [0.5, 0.6) is 0 Å². The molecule has 2 aliphatic heterocycles. The smallest absolute Gasteiger partial charge is 0.0540 e. The van der Waals surface area contributed by atoms with Crippen LogP contribution in [0.25, 0.3) is 28.0 Å². The SMILES string of the molecule is C=CC(=CC1=C(C)c2ccc(C=CC3=CC=C(c4ccc(N5c6ccccc6C(C)(C)c6ccccc65)c5ccccc45)CC=C3)cc2C1(C)C)N1C=CCc2ccccc21. The zero-order valence-corrected chi connectivity index (χ0v) is 35.9. The van der Waals surface area contributed by atoms with Crippen LogP contribution in [0.2, 0.25) is 0 Å². The second-order valence-electron chi connectivity index (χ2n) is 17.8. The molecule has 0 amide bonds. The average molecular weight is 789 g/mol. The zero-order valence-electron chi connectivity index (χ0n) is 35.9. The zero-order chi connectivity index (χ0) is 41.9. The van der Waals surface area contributed by atoms with Gasteiger partial charge in [-0.15, -0.1) is 0 Å². The number of fused-ring (bicyclic) bond motifs is 5. The van der Waals surface area contributed by atoms with E-state index in [1.54, 1.807) is 0 Å². The molecule has 0 bridgehead atoms. The van der Waals surface area contributed by atoms with E-state index in [9.17, 15) is 0 Å². The quantitative estimate of drug-likeness (QED) is 0.149. The highest BCUT2D eigenvalue weighted by Gasteiger charge is 2.38. The molecule has 298 valence electrons. The summed E-state index contributed by atoms with van der Waals surface area (Å²) in [5.41, 5.74) is 20.1. The van der Waals surface area contributed by atoms with Crippen molar-refractivity contribution in [3.05, 3.63) is 245 Å². The molecule has 4 aliphatic rings. The fraction of sp³-hybridized carbons (Fsp3) is 0.153. The van der Waals surface area contributed by atoms with Crippen LogP contribution in [0.15, 0.2) is 206 Å². The molecule has 0 radical (unpaired) electrons. The highest BCUT2D eigenvalue weighted by Crippen LogP contribution is 2.53. The van der Waals surface area contributed by atoms with Gasteiger partial charge in [0.2, 0.25) is 0 Å². The molecule has 0 saturated carbocycles. The maximum atomic E-state index is 4.24. The summed E-state index contributed by atoms with van der Waals surface area (Å²) in [7, 11) is 0. The third-order valence-corrected chi connectivity index (χ3v) is 13.5. The van der Waals surface area contributed by atoms with E-state index in [2.05, 4.69) is 233 Å². The Balaban J connectivity index is 0.938. The fourth-order valence-electron chi connectivity index (χ4n) is 10.3. The van der Waals surface area contributed by atoms with Crippen LogP contribution in [0.4, 0.5) is 22.7 Å². The molecule has 2 nitrogen and oxygen atoms in total. The normalized spacial score (nSPS) is 17.4. The first-order chi connectivity index (χ1) is 29.6. The van der Waals surface area contributed by atoms with Gasteiger partial charge in [0.1, 0.15) is 0 Å². The van der Waals surface area contributed by atoms with Crippen LogP contribution in [-0.2, 0) is 17.3 Å². The van der Waals surface area contributed by atoms with Crippen LogP contribution in [0, 0.1) is 0 Å². The molecular weight excluding hydrogens is 737 g/mol. The Bertz CT molecular complexity index is 2960. The van der Waals surface area contributed by atoms with Gasteiger partial charge < -0.3 is 9.80 Å². The van der Waals surface area contributed by atoms with E-state index in [1.807, 2.05) is 6.08 Å². The number of allylic oxidation sites excluding steroid dienone is 12. The lowest BCUT2D eigenvalue weighted by Crippen LogP contribution is -2.30. The van der Waals surface area contributed by atoms with E-state index in [0.29, 0.717) is 0 Å². The van der Waals surface area contributed by atoms with Crippen molar-refractivity contribution in [3.8, 4) is 0 Å². The minimum atomic E-state index is -0.161. The number of anilines is 4. The first-order valence-electron chi connectivity index (χ1n) is 21.7. The Hall–Kier alpha value is -6.90. The first-order valence-corrected chi connectivity index (χ1v) is 21.7. The van der Waals surface area contributed by atoms with E-state index in [4.69, 9.17) is 0 Å². The molecular formula is C59H52N2.